The Labute approximate surface area is 206 Å². The standard InChI is InChI=1S/C29H33N3O3/c1-18-11-20(3)25(12-19(18)2)26-16-27(32(31-26)24-7-5-4-6-8-24)30-28(33)17-35-29(34)15-23-14-21-9-10-22(23)13-21/h4-8,11-12,16,21-23H,9-10,13-15,17H2,1-3H3,(H,30,33)/t21-,22-,23+/m0/s1. The summed E-state index contributed by atoms with van der Waals surface area (Å²) in [4.78, 5) is 25.1. The molecule has 5 rings (SSSR count). The molecule has 1 N–H and O–H groups in total. The van der Waals surface area contributed by atoms with E-state index in [2.05, 4.69) is 38.2 Å². The first-order valence-corrected chi connectivity index (χ1v) is 12.6. The van der Waals surface area contributed by atoms with Gasteiger partial charge in [-0.3, -0.25) is 9.59 Å². The number of hydrogen-bond donors (Lipinski definition) is 1. The first-order chi connectivity index (χ1) is 16.9. The summed E-state index contributed by atoms with van der Waals surface area (Å²) in [6.07, 6.45) is 5.34. The largest absolute Gasteiger partial charge is 0.456 e. The average Bonchev–Trinajstić information content (AvgIpc) is 3.57. The Morgan fingerprint density at radius 3 is 2.49 bits per heavy atom. The van der Waals surface area contributed by atoms with Crippen molar-refractivity contribution in [3.05, 3.63) is 65.2 Å². The number of para-hydroxylation sites is 1. The first-order valence-electron chi connectivity index (χ1n) is 12.6. The highest BCUT2D eigenvalue weighted by molar-refractivity contribution is 5.93. The van der Waals surface area contributed by atoms with E-state index in [1.165, 1.54) is 30.4 Å². The minimum absolute atomic E-state index is 0.277. The van der Waals surface area contributed by atoms with Gasteiger partial charge in [0.05, 0.1) is 11.4 Å². The number of esters is 1. The van der Waals surface area contributed by atoms with Crippen LogP contribution in [0.2, 0.25) is 0 Å². The number of hydrogen-bond acceptors (Lipinski definition) is 4. The van der Waals surface area contributed by atoms with Crippen molar-refractivity contribution in [2.45, 2.75) is 52.9 Å². The highest BCUT2D eigenvalue weighted by atomic mass is 16.5. The van der Waals surface area contributed by atoms with Crippen LogP contribution in [0.3, 0.4) is 0 Å². The van der Waals surface area contributed by atoms with E-state index >= 15 is 0 Å². The van der Waals surface area contributed by atoms with Crippen LogP contribution < -0.4 is 5.32 Å². The molecule has 2 saturated carbocycles. The van der Waals surface area contributed by atoms with Gasteiger partial charge in [0.15, 0.2) is 6.61 Å². The predicted octanol–water partition coefficient (Wildman–Crippen LogP) is 5.77. The fourth-order valence-corrected chi connectivity index (χ4v) is 5.83. The Balaban J connectivity index is 1.30. The lowest BCUT2D eigenvalue weighted by Gasteiger charge is -2.20. The lowest BCUT2D eigenvalue weighted by molar-refractivity contribution is -0.148. The van der Waals surface area contributed by atoms with Gasteiger partial charge in [-0.15, -0.1) is 0 Å². The summed E-state index contributed by atoms with van der Waals surface area (Å²) in [5, 5.41) is 7.72. The Morgan fingerprint density at radius 1 is 1.00 bits per heavy atom. The molecule has 35 heavy (non-hydrogen) atoms. The second kappa shape index (κ2) is 9.68. The molecule has 0 radical (unpaired) electrons. The van der Waals surface area contributed by atoms with E-state index < -0.39 is 0 Å². The van der Waals surface area contributed by atoms with Crippen molar-refractivity contribution in [3.8, 4) is 16.9 Å². The number of nitrogens with zero attached hydrogens (tertiary/aromatic N) is 2. The number of amides is 1. The molecule has 2 aliphatic rings. The Bertz CT molecular complexity index is 1250. The molecule has 0 spiro atoms. The van der Waals surface area contributed by atoms with Crippen LogP contribution in [0.15, 0.2) is 48.5 Å². The molecule has 6 heteroatoms. The summed E-state index contributed by atoms with van der Waals surface area (Å²) in [5.74, 6) is 1.77. The van der Waals surface area contributed by atoms with Crippen LogP contribution in [0, 0.1) is 38.5 Å². The number of fused-ring (bicyclic) bond motifs is 2. The van der Waals surface area contributed by atoms with E-state index in [4.69, 9.17) is 9.84 Å². The van der Waals surface area contributed by atoms with E-state index in [1.54, 1.807) is 4.68 Å². The second-order valence-electron chi connectivity index (χ2n) is 10.3. The molecule has 182 valence electrons. The number of anilines is 1. The topological polar surface area (TPSA) is 73.2 Å². The van der Waals surface area contributed by atoms with Gasteiger partial charge in [0.2, 0.25) is 0 Å². The van der Waals surface area contributed by atoms with Gasteiger partial charge in [-0.2, -0.15) is 5.10 Å². The van der Waals surface area contributed by atoms with Gasteiger partial charge in [0.25, 0.3) is 5.91 Å². The van der Waals surface area contributed by atoms with Crippen molar-refractivity contribution in [1.82, 2.24) is 9.78 Å². The third-order valence-corrected chi connectivity index (χ3v) is 7.77. The maximum absolute atomic E-state index is 12.7. The van der Waals surface area contributed by atoms with E-state index in [1.807, 2.05) is 36.4 Å². The highest BCUT2D eigenvalue weighted by Crippen LogP contribution is 2.49. The fourth-order valence-electron chi connectivity index (χ4n) is 5.83. The molecule has 3 atom stereocenters. The monoisotopic (exact) mass is 471 g/mol. The molecule has 3 aromatic rings. The minimum Gasteiger partial charge on any atom is -0.456 e. The zero-order valence-corrected chi connectivity index (χ0v) is 20.7. The summed E-state index contributed by atoms with van der Waals surface area (Å²) < 4.78 is 7.07. The molecule has 2 fully saturated rings. The molecule has 0 saturated heterocycles. The molecule has 1 heterocycles. The Kier molecular flexibility index (Phi) is 6.46. The minimum atomic E-state index is -0.369. The molecular formula is C29H33N3O3. The predicted molar refractivity (Wildman–Crippen MR) is 136 cm³/mol. The lowest BCUT2D eigenvalue weighted by atomic mass is 9.86. The SMILES string of the molecule is Cc1cc(C)c(-c2cc(NC(=O)COC(=O)C[C@H]3C[C@H]4CC[C@H]3C4)n(-c3ccccc3)n2)cc1C. The molecule has 2 bridgehead atoms. The number of benzene rings is 2. The van der Waals surface area contributed by atoms with Crippen LogP contribution in [0.4, 0.5) is 5.82 Å². The number of carbonyl (C=O) groups excluding carboxylic acids is 2. The van der Waals surface area contributed by atoms with Gasteiger partial charge in [-0.1, -0.05) is 30.7 Å². The van der Waals surface area contributed by atoms with E-state index in [0.29, 0.717) is 24.1 Å². The molecule has 2 aliphatic carbocycles. The third-order valence-electron chi connectivity index (χ3n) is 7.77. The van der Waals surface area contributed by atoms with Crippen molar-refractivity contribution in [2.24, 2.45) is 17.8 Å². The van der Waals surface area contributed by atoms with Crippen molar-refractivity contribution < 1.29 is 14.3 Å². The smallest absolute Gasteiger partial charge is 0.306 e. The van der Waals surface area contributed by atoms with Crippen LogP contribution in [0.1, 0.15) is 48.8 Å². The van der Waals surface area contributed by atoms with Crippen molar-refractivity contribution in [1.29, 1.82) is 0 Å². The number of aromatic nitrogens is 2. The quantitative estimate of drug-likeness (QED) is 0.444. The van der Waals surface area contributed by atoms with E-state index in [0.717, 1.165) is 34.8 Å². The van der Waals surface area contributed by atoms with Gasteiger partial charge >= 0.3 is 5.97 Å². The maximum Gasteiger partial charge on any atom is 0.306 e. The van der Waals surface area contributed by atoms with Crippen molar-refractivity contribution >= 4 is 17.7 Å². The third kappa shape index (κ3) is 5.02. The summed E-state index contributed by atoms with van der Waals surface area (Å²) in [6.45, 7) is 5.95. The summed E-state index contributed by atoms with van der Waals surface area (Å²) in [7, 11) is 0. The molecule has 0 unspecified atom stereocenters. The second-order valence-corrected chi connectivity index (χ2v) is 10.3. The van der Waals surface area contributed by atoms with Crippen LogP contribution in [-0.4, -0.2) is 28.3 Å². The van der Waals surface area contributed by atoms with Crippen molar-refractivity contribution in [2.75, 3.05) is 11.9 Å². The number of aryl methyl sites for hydroxylation is 3. The van der Waals surface area contributed by atoms with Gasteiger partial charge in [-0.05, 0) is 92.7 Å². The summed E-state index contributed by atoms with van der Waals surface area (Å²) in [6, 6.07) is 15.8. The zero-order chi connectivity index (χ0) is 24.5. The zero-order valence-electron chi connectivity index (χ0n) is 20.7. The lowest BCUT2D eigenvalue weighted by Crippen LogP contribution is -2.24. The molecule has 2 aromatic carbocycles. The van der Waals surface area contributed by atoms with Crippen LogP contribution in [-0.2, 0) is 14.3 Å². The summed E-state index contributed by atoms with van der Waals surface area (Å²) >= 11 is 0. The number of rotatable bonds is 7. The van der Waals surface area contributed by atoms with Gasteiger partial charge < -0.3 is 10.1 Å². The van der Waals surface area contributed by atoms with Gasteiger partial charge in [-0.25, -0.2) is 4.68 Å². The normalized spacial score (nSPS) is 20.7. The maximum atomic E-state index is 12.7. The Morgan fingerprint density at radius 2 is 1.77 bits per heavy atom. The molecular weight excluding hydrogens is 438 g/mol. The number of carbonyl (C=O) groups is 2. The number of ether oxygens (including phenoxy) is 1. The molecule has 1 amide bonds. The van der Waals surface area contributed by atoms with Crippen molar-refractivity contribution in [3.63, 3.8) is 0 Å². The average molecular weight is 472 g/mol. The molecule has 0 aliphatic heterocycles. The molecule has 6 nitrogen and oxygen atoms in total. The van der Waals surface area contributed by atoms with E-state index in [-0.39, 0.29) is 18.5 Å². The summed E-state index contributed by atoms with van der Waals surface area (Å²) in [5.41, 5.74) is 6.18. The highest BCUT2D eigenvalue weighted by Gasteiger charge is 2.40. The molecule has 1 aromatic heterocycles. The van der Waals surface area contributed by atoms with Gasteiger partial charge in [0.1, 0.15) is 5.82 Å². The van der Waals surface area contributed by atoms with Gasteiger partial charge in [0, 0.05) is 18.1 Å². The van der Waals surface area contributed by atoms with Crippen LogP contribution in [0.5, 0.6) is 0 Å². The van der Waals surface area contributed by atoms with Crippen LogP contribution in [0.25, 0.3) is 16.9 Å². The van der Waals surface area contributed by atoms with E-state index in [9.17, 15) is 9.59 Å². The Hall–Kier alpha value is -3.41. The number of nitrogens with one attached hydrogen (secondary N) is 1. The first kappa shape index (κ1) is 23.3. The fraction of sp³-hybridized carbons (Fsp3) is 0.414. The van der Waals surface area contributed by atoms with Crippen LogP contribution >= 0.6 is 0 Å².